The number of halogens is 1. The lowest BCUT2D eigenvalue weighted by Crippen LogP contribution is -2.25. The summed E-state index contributed by atoms with van der Waals surface area (Å²) in [7, 11) is 2.06. The average Bonchev–Trinajstić information content (AvgIpc) is 2.79. The topological polar surface area (TPSA) is 17.8 Å². The van der Waals surface area contributed by atoms with Gasteiger partial charge in [0.2, 0.25) is 0 Å². The first-order chi connectivity index (χ1) is 8.15. The molecule has 1 aromatic rings. The van der Waals surface area contributed by atoms with E-state index in [1.807, 2.05) is 0 Å². The number of nitrogens with zero attached hydrogens (tertiary/aromatic N) is 2. The molecule has 2 saturated carbocycles. The van der Waals surface area contributed by atoms with Gasteiger partial charge in [-0.25, -0.2) is 0 Å². The van der Waals surface area contributed by atoms with Crippen molar-refractivity contribution in [3.63, 3.8) is 0 Å². The van der Waals surface area contributed by atoms with Crippen molar-refractivity contribution < 1.29 is 0 Å². The largest absolute Gasteiger partial charge is 0.272 e. The molecule has 17 heavy (non-hydrogen) atoms. The summed E-state index contributed by atoms with van der Waals surface area (Å²) < 4.78 is 2.05. The average molecular weight is 253 g/mol. The van der Waals surface area contributed by atoms with Crippen LogP contribution >= 0.6 is 11.6 Å². The molecule has 0 aliphatic heterocycles. The molecule has 2 fully saturated rings. The zero-order chi connectivity index (χ0) is 12.0. The van der Waals surface area contributed by atoms with Crippen LogP contribution in [0.3, 0.4) is 0 Å². The first kappa shape index (κ1) is 11.6. The van der Waals surface area contributed by atoms with E-state index in [0.717, 1.165) is 30.6 Å². The van der Waals surface area contributed by atoms with E-state index in [1.165, 1.54) is 30.7 Å². The molecule has 2 aliphatic rings. The van der Waals surface area contributed by atoms with Gasteiger partial charge >= 0.3 is 0 Å². The van der Waals surface area contributed by atoms with Crippen LogP contribution in [0.15, 0.2) is 6.07 Å². The van der Waals surface area contributed by atoms with Gasteiger partial charge < -0.3 is 0 Å². The van der Waals surface area contributed by atoms with Crippen molar-refractivity contribution in [2.75, 3.05) is 5.88 Å². The lowest BCUT2D eigenvalue weighted by molar-refractivity contribution is 0.296. The van der Waals surface area contributed by atoms with Gasteiger partial charge in [-0.3, -0.25) is 4.68 Å². The van der Waals surface area contributed by atoms with E-state index < -0.39 is 0 Å². The summed E-state index contributed by atoms with van der Waals surface area (Å²) in [5.41, 5.74) is 2.94. The van der Waals surface area contributed by atoms with Crippen LogP contribution in [-0.4, -0.2) is 15.7 Å². The lowest BCUT2D eigenvalue weighted by Gasteiger charge is -2.28. The molecule has 0 radical (unpaired) electrons. The molecule has 2 aliphatic carbocycles. The number of aryl methyl sites for hydroxylation is 2. The first-order valence-corrected chi connectivity index (χ1v) is 7.27. The predicted molar refractivity (Wildman–Crippen MR) is 70.3 cm³/mol. The fourth-order valence-corrected chi connectivity index (χ4v) is 3.91. The summed E-state index contributed by atoms with van der Waals surface area (Å²) in [5, 5.41) is 4.54. The molecule has 2 unspecified atom stereocenters. The van der Waals surface area contributed by atoms with E-state index in [1.54, 1.807) is 0 Å². The van der Waals surface area contributed by atoms with Gasteiger partial charge in [0.25, 0.3) is 0 Å². The molecule has 0 saturated heterocycles. The Labute approximate surface area is 108 Å². The van der Waals surface area contributed by atoms with Crippen LogP contribution in [0.25, 0.3) is 0 Å². The lowest BCUT2D eigenvalue weighted by atomic mass is 9.80. The van der Waals surface area contributed by atoms with E-state index in [-0.39, 0.29) is 0 Å². The van der Waals surface area contributed by atoms with Gasteiger partial charge in [0.1, 0.15) is 0 Å². The van der Waals surface area contributed by atoms with Crippen molar-refractivity contribution in [3.8, 4) is 0 Å². The molecule has 1 aromatic heterocycles. The predicted octanol–water partition coefficient (Wildman–Crippen LogP) is 3.18. The zero-order valence-electron chi connectivity index (χ0n) is 10.7. The smallest absolute Gasteiger partial charge is 0.0624 e. The highest BCUT2D eigenvalue weighted by molar-refractivity contribution is 6.18. The molecule has 3 rings (SSSR count). The van der Waals surface area contributed by atoms with Crippen LogP contribution in [0, 0.1) is 17.3 Å². The van der Waals surface area contributed by atoms with Crippen molar-refractivity contribution in [2.45, 2.75) is 39.0 Å². The minimum atomic E-state index is 0.369. The molecule has 0 N–H and O–H groups in total. The van der Waals surface area contributed by atoms with Crippen LogP contribution in [0.4, 0.5) is 0 Å². The summed E-state index contributed by atoms with van der Waals surface area (Å²) in [6, 6.07) is 2.26. The minimum Gasteiger partial charge on any atom is -0.272 e. The van der Waals surface area contributed by atoms with Gasteiger partial charge in [0, 0.05) is 18.6 Å². The Morgan fingerprint density at radius 1 is 1.47 bits per heavy atom. The van der Waals surface area contributed by atoms with Crippen molar-refractivity contribution in [1.82, 2.24) is 9.78 Å². The Kier molecular flexibility index (Phi) is 2.73. The molecule has 2 nitrogen and oxygen atoms in total. The summed E-state index contributed by atoms with van der Waals surface area (Å²) >= 11 is 6.26. The van der Waals surface area contributed by atoms with Crippen molar-refractivity contribution in [2.24, 2.45) is 24.3 Å². The second-order valence-electron chi connectivity index (χ2n) is 6.08. The van der Waals surface area contributed by atoms with Crippen LogP contribution < -0.4 is 0 Å². The van der Waals surface area contributed by atoms with Gasteiger partial charge in [0.05, 0.1) is 5.69 Å². The van der Waals surface area contributed by atoms with Gasteiger partial charge in [-0.2, -0.15) is 5.10 Å². The van der Waals surface area contributed by atoms with Crippen molar-refractivity contribution in [3.05, 3.63) is 17.5 Å². The third-order valence-corrected chi connectivity index (χ3v) is 5.26. The first-order valence-electron chi connectivity index (χ1n) is 6.73. The van der Waals surface area contributed by atoms with Crippen molar-refractivity contribution >= 4 is 11.6 Å². The Bertz CT molecular complexity index is 414. The summed E-state index contributed by atoms with van der Waals surface area (Å²) in [6.45, 7) is 2.16. The number of hydrogen-bond acceptors (Lipinski definition) is 1. The standard InChI is InChI=1S/C14H21ClN2/c1-3-12-5-13(17(2)16-12)8-14(9-15)6-10-4-11(10)7-14/h5,10-11H,3-4,6-9H2,1-2H3. The highest BCUT2D eigenvalue weighted by Crippen LogP contribution is 2.61. The molecule has 1 heterocycles. The summed E-state index contributed by atoms with van der Waals surface area (Å²) in [5.74, 6) is 2.80. The maximum absolute atomic E-state index is 6.26. The van der Waals surface area contributed by atoms with Gasteiger partial charge in [-0.05, 0) is 55.4 Å². The third-order valence-electron chi connectivity index (χ3n) is 4.69. The van der Waals surface area contributed by atoms with Crippen molar-refractivity contribution in [1.29, 1.82) is 0 Å². The van der Waals surface area contributed by atoms with E-state index in [2.05, 4.69) is 29.8 Å². The third kappa shape index (κ3) is 2.01. The molecular weight excluding hydrogens is 232 g/mol. The highest BCUT2D eigenvalue weighted by Gasteiger charge is 2.53. The minimum absolute atomic E-state index is 0.369. The molecule has 0 spiro atoms. The molecular formula is C14H21ClN2. The molecule has 2 atom stereocenters. The zero-order valence-corrected chi connectivity index (χ0v) is 11.5. The quantitative estimate of drug-likeness (QED) is 0.753. The maximum atomic E-state index is 6.26. The van der Waals surface area contributed by atoms with Crippen LogP contribution in [0.1, 0.15) is 37.6 Å². The van der Waals surface area contributed by atoms with Crippen LogP contribution in [0.2, 0.25) is 0 Å². The van der Waals surface area contributed by atoms with Gasteiger partial charge in [-0.1, -0.05) is 6.92 Å². The Hall–Kier alpha value is -0.500. The number of rotatable bonds is 4. The second kappa shape index (κ2) is 4.01. The summed E-state index contributed by atoms with van der Waals surface area (Å²) in [6.07, 6.45) is 6.28. The monoisotopic (exact) mass is 252 g/mol. The van der Waals surface area contributed by atoms with E-state index in [4.69, 9.17) is 11.6 Å². The van der Waals surface area contributed by atoms with Crippen LogP contribution in [0.5, 0.6) is 0 Å². The molecule has 0 aromatic carbocycles. The molecule has 3 heteroatoms. The van der Waals surface area contributed by atoms with E-state index in [9.17, 15) is 0 Å². The SMILES string of the molecule is CCc1cc(CC2(CCl)CC3CC3C2)n(C)n1. The van der Waals surface area contributed by atoms with E-state index >= 15 is 0 Å². The van der Waals surface area contributed by atoms with Crippen LogP contribution in [-0.2, 0) is 19.9 Å². The number of fused-ring (bicyclic) bond motifs is 1. The van der Waals surface area contributed by atoms with Gasteiger partial charge in [-0.15, -0.1) is 11.6 Å². The van der Waals surface area contributed by atoms with E-state index in [0.29, 0.717) is 5.41 Å². The molecule has 0 bridgehead atoms. The Morgan fingerprint density at radius 2 is 2.18 bits per heavy atom. The molecule has 0 amide bonds. The number of hydrogen-bond donors (Lipinski definition) is 0. The number of alkyl halides is 1. The van der Waals surface area contributed by atoms with Gasteiger partial charge in [0.15, 0.2) is 0 Å². The Balaban J connectivity index is 1.78. The number of aromatic nitrogens is 2. The second-order valence-corrected chi connectivity index (χ2v) is 6.35. The Morgan fingerprint density at radius 3 is 2.71 bits per heavy atom. The highest BCUT2D eigenvalue weighted by atomic mass is 35.5. The summed E-state index contributed by atoms with van der Waals surface area (Å²) in [4.78, 5) is 0. The maximum Gasteiger partial charge on any atom is 0.0624 e. The normalized spacial score (nSPS) is 35.0. The fraction of sp³-hybridized carbons (Fsp3) is 0.786. The fourth-order valence-electron chi connectivity index (χ4n) is 3.60. The molecule has 94 valence electrons.